The average molecular weight is 181 g/mol. The number of aliphatic hydroxyl groups is 1. The van der Waals surface area contributed by atoms with Gasteiger partial charge in [0.25, 0.3) is 0 Å². The van der Waals surface area contributed by atoms with Crippen LogP contribution < -0.4 is 10.5 Å². The zero-order valence-electron chi connectivity index (χ0n) is 7.95. The first-order chi connectivity index (χ1) is 6.19. The van der Waals surface area contributed by atoms with Gasteiger partial charge in [0, 0.05) is 11.6 Å². The van der Waals surface area contributed by atoms with Crippen molar-refractivity contribution in [2.45, 2.75) is 19.6 Å². The number of aliphatic hydroxyl groups excluding tert-OH is 1. The smallest absolute Gasteiger partial charge is 0.124 e. The topological polar surface area (TPSA) is 55.5 Å². The highest BCUT2D eigenvalue weighted by atomic mass is 16.5. The summed E-state index contributed by atoms with van der Waals surface area (Å²) in [6.07, 6.45) is 0. The van der Waals surface area contributed by atoms with E-state index in [1.165, 1.54) is 0 Å². The second-order valence-corrected chi connectivity index (χ2v) is 3.02. The van der Waals surface area contributed by atoms with Crippen molar-refractivity contribution in [2.75, 3.05) is 7.11 Å². The molecule has 72 valence electrons. The number of methoxy groups -OCH3 is 1. The molecule has 0 aromatic heterocycles. The number of hydrogen-bond donors (Lipinski definition) is 2. The summed E-state index contributed by atoms with van der Waals surface area (Å²) in [4.78, 5) is 0. The summed E-state index contributed by atoms with van der Waals surface area (Å²) < 4.78 is 5.11. The van der Waals surface area contributed by atoms with Gasteiger partial charge in [-0.2, -0.15) is 0 Å². The number of hydrogen-bond acceptors (Lipinski definition) is 3. The largest absolute Gasteiger partial charge is 0.496 e. The first-order valence-electron chi connectivity index (χ1n) is 4.22. The van der Waals surface area contributed by atoms with Crippen molar-refractivity contribution in [3.8, 4) is 5.75 Å². The van der Waals surface area contributed by atoms with Crippen LogP contribution in [-0.2, 0) is 6.61 Å². The van der Waals surface area contributed by atoms with E-state index in [2.05, 4.69) is 0 Å². The molecule has 1 aromatic rings. The molecule has 1 atom stereocenters. The van der Waals surface area contributed by atoms with E-state index in [0.717, 1.165) is 11.1 Å². The third kappa shape index (κ3) is 2.20. The van der Waals surface area contributed by atoms with E-state index in [9.17, 15) is 0 Å². The summed E-state index contributed by atoms with van der Waals surface area (Å²) in [5, 5.41) is 8.97. The minimum absolute atomic E-state index is 0.0115. The van der Waals surface area contributed by atoms with Crippen LogP contribution in [0.3, 0.4) is 0 Å². The summed E-state index contributed by atoms with van der Waals surface area (Å²) in [7, 11) is 1.58. The summed E-state index contributed by atoms with van der Waals surface area (Å²) >= 11 is 0. The number of rotatable bonds is 3. The normalized spacial score (nSPS) is 12.6. The fourth-order valence-electron chi connectivity index (χ4n) is 1.18. The molecule has 0 heterocycles. The molecule has 3 N–H and O–H groups in total. The molecule has 0 amide bonds. The molecule has 0 aliphatic heterocycles. The van der Waals surface area contributed by atoms with Gasteiger partial charge in [0.15, 0.2) is 0 Å². The molecule has 0 spiro atoms. The Morgan fingerprint density at radius 3 is 2.69 bits per heavy atom. The lowest BCUT2D eigenvalue weighted by Gasteiger charge is -2.10. The van der Waals surface area contributed by atoms with Crippen LogP contribution in [0.1, 0.15) is 24.1 Å². The average Bonchev–Trinajstić information content (AvgIpc) is 2.16. The van der Waals surface area contributed by atoms with Crippen LogP contribution in [0.5, 0.6) is 5.75 Å². The summed E-state index contributed by atoms with van der Waals surface area (Å²) in [5.74, 6) is 0.692. The van der Waals surface area contributed by atoms with Gasteiger partial charge in [-0.05, 0) is 18.6 Å². The van der Waals surface area contributed by atoms with Gasteiger partial charge in [-0.3, -0.25) is 0 Å². The van der Waals surface area contributed by atoms with E-state index in [-0.39, 0.29) is 12.6 Å². The molecule has 1 aromatic carbocycles. The first-order valence-corrected chi connectivity index (χ1v) is 4.22. The van der Waals surface area contributed by atoms with Crippen molar-refractivity contribution >= 4 is 0 Å². The second-order valence-electron chi connectivity index (χ2n) is 3.02. The van der Waals surface area contributed by atoms with Crippen molar-refractivity contribution < 1.29 is 9.84 Å². The minimum Gasteiger partial charge on any atom is -0.496 e. The molecule has 0 aliphatic carbocycles. The van der Waals surface area contributed by atoms with E-state index in [0.29, 0.717) is 5.75 Å². The lowest BCUT2D eigenvalue weighted by atomic mass is 10.1. The molecule has 0 bridgehead atoms. The molecule has 1 rings (SSSR count). The predicted molar refractivity (Wildman–Crippen MR) is 51.5 cm³/mol. The Balaban J connectivity index is 3.05. The molecule has 3 heteroatoms. The van der Waals surface area contributed by atoms with E-state index >= 15 is 0 Å². The highest BCUT2D eigenvalue weighted by molar-refractivity contribution is 5.38. The molecule has 0 saturated carbocycles. The van der Waals surface area contributed by atoms with Gasteiger partial charge in [0.2, 0.25) is 0 Å². The Labute approximate surface area is 78.1 Å². The molecule has 3 nitrogen and oxygen atoms in total. The molecular weight excluding hydrogens is 166 g/mol. The fourth-order valence-corrected chi connectivity index (χ4v) is 1.18. The zero-order valence-corrected chi connectivity index (χ0v) is 7.95. The summed E-state index contributed by atoms with van der Waals surface area (Å²) in [5.41, 5.74) is 7.50. The lowest BCUT2D eigenvalue weighted by molar-refractivity contribution is 0.273. The summed E-state index contributed by atoms with van der Waals surface area (Å²) in [6, 6.07) is 5.58. The van der Waals surface area contributed by atoms with Gasteiger partial charge in [0.1, 0.15) is 5.75 Å². The van der Waals surface area contributed by atoms with E-state index in [4.69, 9.17) is 15.6 Å². The maximum absolute atomic E-state index is 8.97. The standard InChI is InChI=1S/C10H15NO2/c1-7(11)8-3-4-9(6-12)10(5-8)13-2/h3-5,7,12H,6,11H2,1-2H3/t7-/m1/s1. The molecule has 0 fully saturated rings. The van der Waals surface area contributed by atoms with Crippen LogP contribution in [-0.4, -0.2) is 12.2 Å². The number of ether oxygens (including phenoxy) is 1. The van der Waals surface area contributed by atoms with E-state index < -0.39 is 0 Å². The van der Waals surface area contributed by atoms with Gasteiger partial charge < -0.3 is 15.6 Å². The maximum Gasteiger partial charge on any atom is 0.124 e. The SMILES string of the molecule is COc1cc([C@@H](C)N)ccc1CO. The van der Waals surface area contributed by atoms with Crippen molar-refractivity contribution in [2.24, 2.45) is 5.73 Å². The third-order valence-corrected chi connectivity index (χ3v) is 2.01. The maximum atomic E-state index is 8.97. The molecular formula is C10H15NO2. The highest BCUT2D eigenvalue weighted by Crippen LogP contribution is 2.22. The van der Waals surface area contributed by atoms with Gasteiger partial charge in [0.05, 0.1) is 13.7 Å². The Kier molecular flexibility index (Phi) is 3.28. The third-order valence-electron chi connectivity index (χ3n) is 2.01. The second kappa shape index (κ2) is 4.25. The molecule has 0 radical (unpaired) electrons. The van der Waals surface area contributed by atoms with Crippen molar-refractivity contribution in [3.05, 3.63) is 29.3 Å². The van der Waals surface area contributed by atoms with Crippen molar-refractivity contribution in [1.29, 1.82) is 0 Å². The minimum atomic E-state index is -0.0124. The van der Waals surface area contributed by atoms with E-state index in [1.807, 2.05) is 25.1 Å². The van der Waals surface area contributed by atoms with Crippen LogP contribution in [0.15, 0.2) is 18.2 Å². The Hall–Kier alpha value is -1.06. The molecule has 0 saturated heterocycles. The van der Waals surface area contributed by atoms with Crippen LogP contribution in [0.25, 0.3) is 0 Å². The quantitative estimate of drug-likeness (QED) is 0.736. The van der Waals surface area contributed by atoms with Gasteiger partial charge in [-0.25, -0.2) is 0 Å². The van der Waals surface area contributed by atoms with Crippen molar-refractivity contribution in [1.82, 2.24) is 0 Å². The predicted octanol–water partition coefficient (Wildman–Crippen LogP) is 1.21. The van der Waals surface area contributed by atoms with Gasteiger partial charge in [-0.15, -0.1) is 0 Å². The van der Waals surface area contributed by atoms with Crippen LogP contribution in [0.2, 0.25) is 0 Å². The summed E-state index contributed by atoms with van der Waals surface area (Å²) in [6.45, 7) is 1.90. The number of nitrogens with two attached hydrogens (primary N) is 1. The fraction of sp³-hybridized carbons (Fsp3) is 0.400. The Bertz CT molecular complexity index is 284. The Morgan fingerprint density at radius 1 is 1.54 bits per heavy atom. The van der Waals surface area contributed by atoms with Gasteiger partial charge in [-0.1, -0.05) is 12.1 Å². The van der Waals surface area contributed by atoms with Crippen LogP contribution in [0, 0.1) is 0 Å². The first kappa shape index (κ1) is 10.0. The lowest BCUT2D eigenvalue weighted by Crippen LogP contribution is -2.05. The van der Waals surface area contributed by atoms with Crippen LogP contribution >= 0.6 is 0 Å². The zero-order chi connectivity index (χ0) is 9.84. The number of benzene rings is 1. The van der Waals surface area contributed by atoms with E-state index in [1.54, 1.807) is 7.11 Å². The molecule has 0 unspecified atom stereocenters. The Morgan fingerprint density at radius 2 is 2.23 bits per heavy atom. The van der Waals surface area contributed by atoms with Crippen molar-refractivity contribution in [3.63, 3.8) is 0 Å². The van der Waals surface area contributed by atoms with Gasteiger partial charge >= 0.3 is 0 Å². The molecule has 0 aliphatic rings. The highest BCUT2D eigenvalue weighted by Gasteiger charge is 2.05. The monoisotopic (exact) mass is 181 g/mol. The van der Waals surface area contributed by atoms with Crippen LogP contribution in [0.4, 0.5) is 0 Å². The molecule has 13 heavy (non-hydrogen) atoms.